The number of nitrogens with two attached hydrogens (primary N) is 1. The predicted molar refractivity (Wildman–Crippen MR) is 84.9 cm³/mol. The second-order valence-electron chi connectivity index (χ2n) is 7.04. The molecule has 4 heteroatoms. The first-order valence-electron chi connectivity index (χ1n) is 8.37. The summed E-state index contributed by atoms with van der Waals surface area (Å²) in [6.45, 7) is 0.608. The van der Waals surface area contributed by atoms with E-state index in [-0.39, 0.29) is 17.1 Å². The van der Waals surface area contributed by atoms with Crippen molar-refractivity contribution < 1.29 is 9.18 Å². The maximum Gasteiger partial charge on any atom is 0.240 e. The maximum absolute atomic E-state index is 13.2. The Kier molecular flexibility index (Phi) is 4.22. The molecule has 120 valence electrons. The molecule has 1 aromatic rings. The van der Waals surface area contributed by atoms with Crippen LogP contribution in [0.2, 0.25) is 0 Å². The number of rotatable bonds is 4. The van der Waals surface area contributed by atoms with E-state index < -0.39 is 5.54 Å². The van der Waals surface area contributed by atoms with Crippen LogP contribution < -0.4 is 11.1 Å². The highest BCUT2D eigenvalue weighted by Crippen LogP contribution is 2.41. The van der Waals surface area contributed by atoms with Gasteiger partial charge in [-0.25, -0.2) is 4.39 Å². The molecule has 2 aliphatic rings. The van der Waals surface area contributed by atoms with Gasteiger partial charge in [0.25, 0.3) is 0 Å². The van der Waals surface area contributed by atoms with Crippen molar-refractivity contribution in [2.45, 2.75) is 62.3 Å². The fourth-order valence-electron chi connectivity index (χ4n) is 4.08. The molecule has 0 radical (unpaired) electrons. The lowest BCUT2D eigenvalue weighted by Gasteiger charge is -2.32. The smallest absolute Gasteiger partial charge is 0.240 e. The van der Waals surface area contributed by atoms with Crippen LogP contribution in [0.1, 0.15) is 56.9 Å². The highest BCUT2D eigenvalue weighted by molar-refractivity contribution is 5.86. The molecule has 2 saturated carbocycles. The molecule has 0 atom stereocenters. The standard InChI is InChI=1S/C18H25FN2O/c19-15-7-5-14(6-8-15)17(9-1-2-10-17)13-21-16(22)18(20)11-3-4-12-18/h5-8H,1-4,9-13,20H2,(H,21,22). The van der Waals surface area contributed by atoms with E-state index in [0.717, 1.165) is 56.9 Å². The predicted octanol–water partition coefficient (Wildman–Crippen LogP) is 3.03. The van der Waals surface area contributed by atoms with E-state index in [1.54, 1.807) is 0 Å². The van der Waals surface area contributed by atoms with Crippen LogP contribution >= 0.6 is 0 Å². The molecule has 0 spiro atoms. The summed E-state index contributed by atoms with van der Waals surface area (Å²) in [6.07, 6.45) is 8.01. The lowest BCUT2D eigenvalue weighted by Crippen LogP contribution is -2.54. The summed E-state index contributed by atoms with van der Waals surface area (Å²) in [5.41, 5.74) is 6.62. The Labute approximate surface area is 131 Å². The zero-order valence-corrected chi connectivity index (χ0v) is 13.0. The summed E-state index contributed by atoms with van der Waals surface area (Å²) in [6, 6.07) is 6.75. The van der Waals surface area contributed by atoms with Gasteiger partial charge in [-0.3, -0.25) is 4.79 Å². The molecule has 0 aliphatic heterocycles. The molecule has 0 bridgehead atoms. The molecule has 3 N–H and O–H groups in total. The van der Waals surface area contributed by atoms with Crippen LogP contribution in [0, 0.1) is 5.82 Å². The van der Waals surface area contributed by atoms with Crippen LogP contribution in [0.15, 0.2) is 24.3 Å². The molecule has 0 unspecified atom stereocenters. The van der Waals surface area contributed by atoms with Gasteiger partial charge in [-0.15, -0.1) is 0 Å². The second-order valence-corrected chi connectivity index (χ2v) is 7.04. The van der Waals surface area contributed by atoms with E-state index in [0.29, 0.717) is 6.54 Å². The Bertz CT molecular complexity index is 529. The van der Waals surface area contributed by atoms with E-state index in [2.05, 4.69) is 5.32 Å². The molecule has 1 amide bonds. The minimum Gasteiger partial charge on any atom is -0.354 e. The van der Waals surface area contributed by atoms with Gasteiger partial charge in [0.1, 0.15) is 5.82 Å². The second kappa shape index (κ2) is 5.99. The van der Waals surface area contributed by atoms with E-state index in [1.165, 1.54) is 12.1 Å². The number of amides is 1. The van der Waals surface area contributed by atoms with Crippen molar-refractivity contribution in [1.82, 2.24) is 5.32 Å². The van der Waals surface area contributed by atoms with E-state index in [9.17, 15) is 9.18 Å². The number of nitrogens with one attached hydrogen (secondary N) is 1. The number of carbonyl (C=O) groups is 1. The summed E-state index contributed by atoms with van der Waals surface area (Å²) in [5, 5.41) is 3.10. The zero-order valence-electron chi connectivity index (χ0n) is 13.0. The van der Waals surface area contributed by atoms with Crippen LogP contribution in [-0.2, 0) is 10.2 Å². The Morgan fingerprint density at radius 3 is 2.18 bits per heavy atom. The molecule has 0 aromatic heterocycles. The molecule has 1 aromatic carbocycles. The first-order valence-corrected chi connectivity index (χ1v) is 8.37. The Hall–Kier alpha value is -1.42. The molecule has 0 heterocycles. The lowest BCUT2D eigenvalue weighted by molar-refractivity contribution is -0.126. The third kappa shape index (κ3) is 2.89. The van der Waals surface area contributed by atoms with Crippen molar-refractivity contribution in [2.75, 3.05) is 6.54 Å². The Balaban J connectivity index is 1.72. The van der Waals surface area contributed by atoms with E-state index >= 15 is 0 Å². The minimum atomic E-state index is -0.678. The van der Waals surface area contributed by atoms with Crippen molar-refractivity contribution in [3.8, 4) is 0 Å². The maximum atomic E-state index is 13.2. The average Bonchev–Trinajstić information content (AvgIpc) is 3.16. The molecule has 2 aliphatic carbocycles. The molecule has 0 saturated heterocycles. The molecule has 2 fully saturated rings. The van der Waals surface area contributed by atoms with Crippen molar-refractivity contribution in [3.05, 3.63) is 35.6 Å². The van der Waals surface area contributed by atoms with E-state index in [4.69, 9.17) is 5.73 Å². The third-order valence-electron chi connectivity index (χ3n) is 5.55. The topological polar surface area (TPSA) is 55.1 Å². The normalized spacial score (nSPS) is 22.6. The van der Waals surface area contributed by atoms with Gasteiger partial charge in [0.05, 0.1) is 5.54 Å². The van der Waals surface area contributed by atoms with Gasteiger partial charge in [0, 0.05) is 12.0 Å². The van der Waals surface area contributed by atoms with Gasteiger partial charge in [-0.1, -0.05) is 37.8 Å². The van der Waals surface area contributed by atoms with Gasteiger partial charge in [0.15, 0.2) is 0 Å². The third-order valence-corrected chi connectivity index (χ3v) is 5.55. The molecule has 22 heavy (non-hydrogen) atoms. The summed E-state index contributed by atoms with van der Waals surface area (Å²) < 4.78 is 13.2. The highest BCUT2D eigenvalue weighted by Gasteiger charge is 2.40. The number of carbonyl (C=O) groups excluding carboxylic acids is 1. The molecule has 3 nitrogen and oxygen atoms in total. The number of halogens is 1. The molecular formula is C18H25FN2O. The van der Waals surface area contributed by atoms with Crippen molar-refractivity contribution in [3.63, 3.8) is 0 Å². The summed E-state index contributed by atoms with van der Waals surface area (Å²) >= 11 is 0. The number of hydrogen-bond acceptors (Lipinski definition) is 2. The average molecular weight is 304 g/mol. The van der Waals surface area contributed by atoms with Crippen LogP contribution in [0.25, 0.3) is 0 Å². The van der Waals surface area contributed by atoms with Gasteiger partial charge >= 0.3 is 0 Å². The van der Waals surface area contributed by atoms with Gasteiger partial charge in [-0.2, -0.15) is 0 Å². The minimum absolute atomic E-state index is 0.0154. The van der Waals surface area contributed by atoms with Crippen molar-refractivity contribution >= 4 is 5.91 Å². The Morgan fingerprint density at radius 1 is 1.05 bits per heavy atom. The summed E-state index contributed by atoms with van der Waals surface area (Å²) in [5.74, 6) is -0.230. The SMILES string of the molecule is NC1(C(=O)NCC2(c3ccc(F)cc3)CCCC2)CCCC1. The van der Waals surface area contributed by atoms with Crippen LogP contribution in [0.4, 0.5) is 4.39 Å². The number of benzene rings is 1. The first kappa shape index (κ1) is 15.5. The fourth-order valence-corrected chi connectivity index (χ4v) is 4.08. The molecular weight excluding hydrogens is 279 g/mol. The molecule has 3 rings (SSSR count). The van der Waals surface area contributed by atoms with Gasteiger partial charge in [0.2, 0.25) is 5.91 Å². The fraction of sp³-hybridized carbons (Fsp3) is 0.611. The lowest BCUT2D eigenvalue weighted by atomic mass is 9.78. The van der Waals surface area contributed by atoms with E-state index in [1.807, 2.05) is 12.1 Å². The summed E-state index contributed by atoms with van der Waals surface area (Å²) in [4.78, 5) is 12.5. The van der Waals surface area contributed by atoms with Crippen LogP contribution in [-0.4, -0.2) is 18.0 Å². The van der Waals surface area contributed by atoms with Crippen LogP contribution in [0.3, 0.4) is 0 Å². The van der Waals surface area contributed by atoms with Gasteiger partial charge in [-0.05, 0) is 43.4 Å². The first-order chi connectivity index (χ1) is 10.5. The Morgan fingerprint density at radius 2 is 1.59 bits per heavy atom. The van der Waals surface area contributed by atoms with Crippen molar-refractivity contribution in [2.24, 2.45) is 5.73 Å². The monoisotopic (exact) mass is 304 g/mol. The van der Waals surface area contributed by atoms with Crippen LogP contribution in [0.5, 0.6) is 0 Å². The highest BCUT2D eigenvalue weighted by atomic mass is 19.1. The quantitative estimate of drug-likeness (QED) is 0.898. The van der Waals surface area contributed by atoms with Crippen molar-refractivity contribution in [1.29, 1.82) is 0 Å². The largest absolute Gasteiger partial charge is 0.354 e. The number of hydrogen-bond donors (Lipinski definition) is 2. The summed E-state index contributed by atoms with van der Waals surface area (Å²) in [7, 11) is 0. The zero-order chi connectivity index (χ0) is 15.6. The van der Waals surface area contributed by atoms with Gasteiger partial charge < -0.3 is 11.1 Å².